The number of nitrogens with one attached hydrogen (secondary N) is 1. The van der Waals surface area contributed by atoms with Gasteiger partial charge in [0.2, 0.25) is 24.2 Å². The third-order valence-electron chi connectivity index (χ3n) is 9.96. The SMILES string of the molecule is CC(C)c1nn(CCC#N)c(O[C@@H]2O[C@H](COC(=O)c3ccccc3)[C@@H](F)[C@H](OC(=O)c3ccccc3)[C@H]2OC(=O)c2ccccc2)c1Cc1ccc(C(=O)NCCC(N)=O)cc1. The Morgan fingerprint density at radius 2 is 1.37 bits per heavy atom. The van der Waals surface area contributed by atoms with Crippen LogP contribution in [0.15, 0.2) is 115 Å². The Balaban J connectivity index is 1.40. The molecule has 1 fully saturated rings. The summed E-state index contributed by atoms with van der Waals surface area (Å²) < 4.78 is 48.8. The van der Waals surface area contributed by atoms with E-state index in [0.717, 1.165) is 5.56 Å². The molecule has 1 saturated heterocycles. The van der Waals surface area contributed by atoms with Crippen LogP contribution in [0, 0.1) is 11.3 Å². The number of rotatable bonds is 18. The molecule has 1 aliphatic rings. The van der Waals surface area contributed by atoms with E-state index in [9.17, 15) is 29.2 Å². The lowest BCUT2D eigenvalue weighted by molar-refractivity contribution is -0.265. The Bertz CT molecular complexity index is 2410. The molecular weight excluding hydrogens is 814 g/mol. The molecule has 6 rings (SSSR count). The maximum absolute atomic E-state index is 17.0. The van der Waals surface area contributed by atoms with E-state index in [1.807, 2.05) is 13.8 Å². The van der Waals surface area contributed by atoms with E-state index in [1.165, 1.54) is 41.1 Å². The van der Waals surface area contributed by atoms with Crippen LogP contribution in [0.2, 0.25) is 0 Å². The van der Waals surface area contributed by atoms with Gasteiger partial charge in [-0.25, -0.2) is 23.5 Å². The third kappa shape index (κ3) is 11.7. The number of aryl methyl sites for hydroxylation is 1. The van der Waals surface area contributed by atoms with Crippen LogP contribution < -0.4 is 15.8 Å². The molecule has 2 heterocycles. The first-order valence-electron chi connectivity index (χ1n) is 20.3. The Kier molecular flexibility index (Phi) is 15.4. The fourth-order valence-corrected chi connectivity index (χ4v) is 6.76. The van der Waals surface area contributed by atoms with Crippen molar-refractivity contribution in [3.8, 4) is 11.9 Å². The number of carbonyl (C=O) groups is 5. The number of esters is 3. The standard InChI is InChI=1S/C47H46FN5O10/c1-29(2)39-35(27-30-19-21-31(22-20-30)42(55)51-25-23-37(50)54)43(53(52-39)26-12-24-49)63-47-41(62-46(58)34-17-10-5-11-18-34)40(61-45(57)33-15-8-4-9-16-33)38(48)36(60-47)28-59-44(56)32-13-6-3-7-14-32/h3-11,13-22,29,36,38,40-41,47H,12,23,25-28H2,1-2H3,(H2,50,54)(H,51,55)/t36-,38-,40+,41-,47+/m1/s1. The van der Waals surface area contributed by atoms with E-state index in [1.54, 1.807) is 78.9 Å². The van der Waals surface area contributed by atoms with E-state index < -0.39 is 67.1 Å². The third-order valence-corrected chi connectivity index (χ3v) is 9.96. The van der Waals surface area contributed by atoms with Crippen LogP contribution >= 0.6 is 0 Å². The number of amides is 2. The lowest BCUT2D eigenvalue weighted by Crippen LogP contribution is -2.61. The second-order valence-corrected chi connectivity index (χ2v) is 14.8. The fraction of sp³-hybridized carbons (Fsp3) is 0.298. The predicted molar refractivity (Wildman–Crippen MR) is 224 cm³/mol. The summed E-state index contributed by atoms with van der Waals surface area (Å²) in [5.74, 6) is -3.67. The van der Waals surface area contributed by atoms with Crippen LogP contribution in [0.25, 0.3) is 0 Å². The molecule has 0 radical (unpaired) electrons. The van der Waals surface area contributed by atoms with Crippen molar-refractivity contribution in [1.29, 1.82) is 5.26 Å². The van der Waals surface area contributed by atoms with Gasteiger partial charge < -0.3 is 34.7 Å². The van der Waals surface area contributed by atoms with Crippen molar-refractivity contribution in [2.45, 2.75) is 76.3 Å². The number of alkyl halides is 1. The number of nitriles is 1. The minimum atomic E-state index is -2.23. The summed E-state index contributed by atoms with van der Waals surface area (Å²) in [6.45, 7) is 3.29. The predicted octanol–water partition coefficient (Wildman–Crippen LogP) is 5.87. The molecule has 0 unspecified atom stereocenters. The number of nitrogens with two attached hydrogens (primary N) is 1. The Labute approximate surface area is 362 Å². The molecule has 63 heavy (non-hydrogen) atoms. The molecule has 3 N–H and O–H groups in total. The summed E-state index contributed by atoms with van der Waals surface area (Å²) in [5.41, 5.74) is 7.74. The van der Waals surface area contributed by atoms with Crippen molar-refractivity contribution < 1.29 is 52.0 Å². The maximum Gasteiger partial charge on any atom is 0.338 e. The van der Waals surface area contributed by atoms with Gasteiger partial charge in [-0.05, 0) is 60.0 Å². The quantitative estimate of drug-likeness (QED) is 0.0783. The highest BCUT2D eigenvalue weighted by Crippen LogP contribution is 2.36. The van der Waals surface area contributed by atoms with E-state index in [0.29, 0.717) is 16.8 Å². The minimum Gasteiger partial charge on any atom is -0.459 e. The van der Waals surface area contributed by atoms with Gasteiger partial charge in [0.25, 0.3) is 5.91 Å². The first kappa shape index (κ1) is 45.2. The normalized spacial score (nSPS) is 18.1. The van der Waals surface area contributed by atoms with Crippen LogP contribution in [0.5, 0.6) is 5.88 Å². The molecule has 5 aromatic rings. The summed E-state index contributed by atoms with van der Waals surface area (Å²) in [7, 11) is 0. The molecule has 15 nitrogen and oxygen atoms in total. The second-order valence-electron chi connectivity index (χ2n) is 14.8. The number of benzene rings is 4. The smallest absolute Gasteiger partial charge is 0.338 e. The lowest BCUT2D eigenvalue weighted by atomic mass is 9.98. The average Bonchev–Trinajstić information content (AvgIpc) is 3.63. The topological polar surface area (TPSA) is 211 Å². The molecule has 0 bridgehead atoms. The zero-order chi connectivity index (χ0) is 44.9. The molecule has 0 saturated carbocycles. The van der Waals surface area contributed by atoms with Crippen LogP contribution in [-0.2, 0) is 36.7 Å². The molecule has 1 aliphatic heterocycles. The molecule has 0 spiro atoms. The van der Waals surface area contributed by atoms with Gasteiger partial charge in [0, 0.05) is 30.5 Å². The molecule has 5 atom stereocenters. The number of halogens is 1. The van der Waals surface area contributed by atoms with Crippen molar-refractivity contribution in [3.63, 3.8) is 0 Å². The van der Waals surface area contributed by atoms with Crippen LogP contribution in [-0.4, -0.2) is 83.4 Å². The molecule has 0 aliphatic carbocycles. The van der Waals surface area contributed by atoms with E-state index >= 15 is 4.39 Å². The highest BCUT2D eigenvalue weighted by molar-refractivity contribution is 5.94. The number of carbonyl (C=O) groups excluding carboxylic acids is 5. The highest BCUT2D eigenvalue weighted by atomic mass is 19.1. The molecule has 16 heteroatoms. The largest absolute Gasteiger partial charge is 0.459 e. The van der Waals surface area contributed by atoms with Gasteiger partial charge in [-0.2, -0.15) is 10.4 Å². The number of hydrogen-bond donors (Lipinski definition) is 2. The van der Waals surface area contributed by atoms with Gasteiger partial charge in [-0.1, -0.05) is 80.6 Å². The number of aromatic nitrogens is 2. The molecule has 1 aromatic heterocycles. The van der Waals surface area contributed by atoms with Crippen molar-refractivity contribution in [1.82, 2.24) is 15.1 Å². The van der Waals surface area contributed by atoms with Gasteiger partial charge in [0.05, 0.1) is 41.4 Å². The first-order chi connectivity index (χ1) is 30.4. The van der Waals surface area contributed by atoms with Gasteiger partial charge in [0.1, 0.15) is 12.7 Å². The number of nitrogens with zero attached hydrogens (tertiary/aromatic N) is 3. The molecule has 4 aromatic carbocycles. The summed E-state index contributed by atoms with van der Waals surface area (Å²) >= 11 is 0. The van der Waals surface area contributed by atoms with Gasteiger partial charge in [-0.15, -0.1) is 0 Å². The van der Waals surface area contributed by atoms with Crippen LogP contribution in [0.3, 0.4) is 0 Å². The summed E-state index contributed by atoms with van der Waals surface area (Å²) in [4.78, 5) is 64.4. The fourth-order valence-electron chi connectivity index (χ4n) is 6.76. The van der Waals surface area contributed by atoms with Crippen molar-refractivity contribution in [2.75, 3.05) is 13.2 Å². The summed E-state index contributed by atoms with van der Waals surface area (Å²) in [6, 6.07) is 32.6. The van der Waals surface area contributed by atoms with Crippen molar-refractivity contribution in [2.24, 2.45) is 5.73 Å². The molecular formula is C47H46FN5O10. The zero-order valence-corrected chi connectivity index (χ0v) is 34.6. The van der Waals surface area contributed by atoms with Crippen molar-refractivity contribution in [3.05, 3.63) is 154 Å². The van der Waals surface area contributed by atoms with Crippen LogP contribution in [0.4, 0.5) is 4.39 Å². The number of primary amides is 1. The molecule has 2 amide bonds. The van der Waals surface area contributed by atoms with E-state index in [4.69, 9.17) is 34.5 Å². The monoisotopic (exact) mass is 859 g/mol. The van der Waals surface area contributed by atoms with E-state index in [-0.39, 0.29) is 60.8 Å². The van der Waals surface area contributed by atoms with Crippen LogP contribution in [0.1, 0.15) is 90.9 Å². The first-order valence-corrected chi connectivity index (χ1v) is 20.3. The average molecular weight is 860 g/mol. The van der Waals surface area contributed by atoms with Gasteiger partial charge in [0.15, 0.2) is 12.3 Å². The molecule has 326 valence electrons. The summed E-state index contributed by atoms with van der Waals surface area (Å²) in [5, 5.41) is 17.1. The second kappa shape index (κ2) is 21.4. The zero-order valence-electron chi connectivity index (χ0n) is 34.6. The van der Waals surface area contributed by atoms with Crippen molar-refractivity contribution >= 4 is 29.7 Å². The van der Waals surface area contributed by atoms with Gasteiger partial charge in [-0.3, -0.25) is 9.59 Å². The number of hydrogen-bond acceptors (Lipinski definition) is 12. The Hall–Kier alpha value is -7.38. The Morgan fingerprint density at radius 1 is 0.810 bits per heavy atom. The number of ether oxygens (including phenoxy) is 5. The Morgan fingerprint density at radius 3 is 1.90 bits per heavy atom. The van der Waals surface area contributed by atoms with Gasteiger partial charge >= 0.3 is 17.9 Å². The minimum absolute atomic E-state index is 0.00839. The lowest BCUT2D eigenvalue weighted by Gasteiger charge is -2.42. The highest BCUT2D eigenvalue weighted by Gasteiger charge is 2.53. The maximum atomic E-state index is 17.0. The van der Waals surface area contributed by atoms with E-state index in [2.05, 4.69) is 11.4 Å². The summed E-state index contributed by atoms with van der Waals surface area (Å²) in [6.07, 6.45) is -9.02.